The van der Waals surface area contributed by atoms with Crippen LogP contribution in [0.3, 0.4) is 0 Å². The molecule has 13 heavy (non-hydrogen) atoms. The molecule has 0 radical (unpaired) electrons. The van der Waals surface area contributed by atoms with Crippen molar-refractivity contribution in [1.29, 1.82) is 0 Å². The van der Waals surface area contributed by atoms with Gasteiger partial charge in [-0.1, -0.05) is 25.7 Å². The Morgan fingerprint density at radius 2 is 1.77 bits per heavy atom. The van der Waals surface area contributed by atoms with E-state index < -0.39 is 11.6 Å². The van der Waals surface area contributed by atoms with Gasteiger partial charge < -0.3 is 5.11 Å². The van der Waals surface area contributed by atoms with Crippen molar-refractivity contribution >= 4 is 5.97 Å². The van der Waals surface area contributed by atoms with E-state index in [0.29, 0.717) is 0 Å². The van der Waals surface area contributed by atoms with Gasteiger partial charge in [-0.05, 0) is 19.8 Å². The number of hydrogen-bond donors (Lipinski definition) is 1. The third-order valence-electron chi connectivity index (χ3n) is 3.04. The minimum absolute atomic E-state index is 0.285. The van der Waals surface area contributed by atoms with Crippen LogP contribution in [0.4, 0.5) is 4.39 Å². The molecule has 0 saturated heterocycles. The maximum atomic E-state index is 13.7. The van der Waals surface area contributed by atoms with Crippen LogP contribution in [0, 0.1) is 5.92 Å². The summed E-state index contributed by atoms with van der Waals surface area (Å²) in [6, 6.07) is 0. The molecule has 1 N–H and O–H groups in total. The Morgan fingerprint density at radius 3 is 2.15 bits per heavy atom. The predicted octanol–water partition coefficient (Wildman–Crippen LogP) is 2.77. The number of carboxylic acids is 1. The van der Waals surface area contributed by atoms with Gasteiger partial charge in [0.05, 0.1) is 0 Å². The molecule has 0 amide bonds. The second-order valence-electron chi connectivity index (χ2n) is 4.07. The molecule has 0 bridgehead atoms. The number of hydrogen-bond acceptors (Lipinski definition) is 1. The Balaban J connectivity index is 2.62. The van der Waals surface area contributed by atoms with Crippen LogP contribution in [0.2, 0.25) is 0 Å². The lowest BCUT2D eigenvalue weighted by atomic mass is 9.85. The number of halogens is 1. The Bertz CT molecular complexity index is 181. The van der Waals surface area contributed by atoms with E-state index in [4.69, 9.17) is 5.11 Å². The summed E-state index contributed by atoms with van der Waals surface area (Å²) in [4.78, 5) is 10.7. The van der Waals surface area contributed by atoms with Crippen LogP contribution in [-0.4, -0.2) is 16.7 Å². The molecule has 0 heterocycles. The van der Waals surface area contributed by atoms with Gasteiger partial charge >= 0.3 is 5.97 Å². The molecule has 0 aromatic rings. The molecule has 1 aliphatic carbocycles. The summed E-state index contributed by atoms with van der Waals surface area (Å²) in [5, 5.41) is 8.71. The van der Waals surface area contributed by atoms with Gasteiger partial charge in [-0.25, -0.2) is 9.18 Å². The highest BCUT2D eigenvalue weighted by atomic mass is 19.1. The maximum Gasteiger partial charge on any atom is 0.341 e. The van der Waals surface area contributed by atoms with Gasteiger partial charge in [0.25, 0.3) is 0 Å². The standard InChI is InChI=1S/C10H17FO2/c1-10(11,9(12)13)8-6-4-2-3-5-7-8/h8H,2-7H2,1H3,(H,12,13). The summed E-state index contributed by atoms with van der Waals surface area (Å²) in [5.41, 5.74) is -2.02. The SMILES string of the molecule is CC(F)(C(=O)O)C1CCCCCC1. The van der Waals surface area contributed by atoms with E-state index in [1.165, 1.54) is 6.92 Å². The van der Waals surface area contributed by atoms with E-state index in [9.17, 15) is 9.18 Å². The van der Waals surface area contributed by atoms with E-state index >= 15 is 0 Å². The van der Waals surface area contributed by atoms with Crippen LogP contribution in [0.5, 0.6) is 0 Å². The molecule has 0 aromatic heterocycles. The Kier molecular flexibility index (Phi) is 3.28. The highest BCUT2D eigenvalue weighted by Crippen LogP contribution is 2.34. The van der Waals surface area contributed by atoms with Crippen molar-refractivity contribution in [2.75, 3.05) is 0 Å². The van der Waals surface area contributed by atoms with Gasteiger partial charge in [0, 0.05) is 5.92 Å². The van der Waals surface area contributed by atoms with E-state index in [0.717, 1.165) is 38.5 Å². The molecule has 2 nitrogen and oxygen atoms in total. The van der Waals surface area contributed by atoms with Gasteiger partial charge in [0.2, 0.25) is 5.67 Å². The van der Waals surface area contributed by atoms with Crippen LogP contribution in [-0.2, 0) is 4.79 Å². The lowest BCUT2D eigenvalue weighted by Gasteiger charge is -2.25. The molecule has 1 rings (SSSR count). The molecule has 0 aromatic carbocycles. The van der Waals surface area contributed by atoms with Crippen LogP contribution < -0.4 is 0 Å². The molecule has 3 heteroatoms. The van der Waals surface area contributed by atoms with Crippen molar-refractivity contribution in [2.24, 2.45) is 5.92 Å². The normalized spacial score (nSPS) is 24.8. The van der Waals surface area contributed by atoms with Crippen molar-refractivity contribution < 1.29 is 14.3 Å². The fourth-order valence-electron chi connectivity index (χ4n) is 2.00. The number of carbonyl (C=O) groups is 1. The average Bonchev–Trinajstić information content (AvgIpc) is 2.31. The topological polar surface area (TPSA) is 37.3 Å². The quantitative estimate of drug-likeness (QED) is 0.676. The summed E-state index contributed by atoms with van der Waals surface area (Å²) >= 11 is 0. The van der Waals surface area contributed by atoms with Crippen molar-refractivity contribution in [1.82, 2.24) is 0 Å². The molecule has 1 aliphatic rings. The zero-order valence-electron chi connectivity index (χ0n) is 8.05. The summed E-state index contributed by atoms with van der Waals surface area (Å²) in [6.07, 6.45) is 5.62. The van der Waals surface area contributed by atoms with Crippen LogP contribution in [0.1, 0.15) is 45.4 Å². The smallest absolute Gasteiger partial charge is 0.341 e. The fourth-order valence-corrected chi connectivity index (χ4v) is 2.00. The summed E-state index contributed by atoms with van der Waals surface area (Å²) in [6.45, 7) is 1.20. The van der Waals surface area contributed by atoms with Crippen molar-refractivity contribution in [3.05, 3.63) is 0 Å². The van der Waals surface area contributed by atoms with Crippen molar-refractivity contribution in [2.45, 2.75) is 51.1 Å². The zero-order chi connectivity index (χ0) is 9.90. The van der Waals surface area contributed by atoms with E-state index in [-0.39, 0.29) is 5.92 Å². The molecule has 1 fully saturated rings. The van der Waals surface area contributed by atoms with Gasteiger partial charge in [0.1, 0.15) is 0 Å². The first kappa shape index (κ1) is 10.5. The largest absolute Gasteiger partial charge is 0.479 e. The van der Waals surface area contributed by atoms with Gasteiger partial charge in [-0.3, -0.25) is 0 Å². The van der Waals surface area contributed by atoms with E-state index in [1.54, 1.807) is 0 Å². The highest BCUT2D eigenvalue weighted by molar-refractivity contribution is 5.77. The molecule has 1 unspecified atom stereocenters. The average molecular weight is 188 g/mol. The molecule has 0 spiro atoms. The number of rotatable bonds is 2. The van der Waals surface area contributed by atoms with Crippen LogP contribution >= 0.6 is 0 Å². The van der Waals surface area contributed by atoms with Gasteiger partial charge in [-0.2, -0.15) is 0 Å². The lowest BCUT2D eigenvalue weighted by molar-refractivity contribution is -0.153. The second kappa shape index (κ2) is 4.07. The first-order chi connectivity index (χ1) is 6.05. The monoisotopic (exact) mass is 188 g/mol. The van der Waals surface area contributed by atoms with Crippen molar-refractivity contribution in [3.63, 3.8) is 0 Å². The zero-order valence-corrected chi connectivity index (χ0v) is 8.05. The third kappa shape index (κ3) is 2.42. The highest BCUT2D eigenvalue weighted by Gasteiger charge is 2.41. The van der Waals surface area contributed by atoms with E-state index in [2.05, 4.69) is 0 Å². The Labute approximate surface area is 78.1 Å². The van der Waals surface area contributed by atoms with E-state index in [1.807, 2.05) is 0 Å². The minimum atomic E-state index is -2.02. The number of alkyl halides is 1. The molecule has 1 saturated carbocycles. The Hall–Kier alpha value is -0.600. The second-order valence-corrected chi connectivity index (χ2v) is 4.07. The molecule has 1 atom stereocenters. The molecule has 0 aliphatic heterocycles. The number of carboxylic acid groups (broad SMARTS) is 1. The summed E-state index contributed by atoms with van der Waals surface area (Å²) in [7, 11) is 0. The minimum Gasteiger partial charge on any atom is -0.479 e. The molecular formula is C10H17FO2. The fraction of sp³-hybridized carbons (Fsp3) is 0.900. The van der Waals surface area contributed by atoms with Crippen LogP contribution in [0.15, 0.2) is 0 Å². The van der Waals surface area contributed by atoms with Gasteiger partial charge in [0.15, 0.2) is 0 Å². The third-order valence-corrected chi connectivity index (χ3v) is 3.04. The maximum absolute atomic E-state index is 13.7. The van der Waals surface area contributed by atoms with Crippen LogP contribution in [0.25, 0.3) is 0 Å². The lowest BCUT2D eigenvalue weighted by Crippen LogP contribution is -2.38. The first-order valence-electron chi connectivity index (χ1n) is 4.97. The first-order valence-corrected chi connectivity index (χ1v) is 4.97. The summed E-state index contributed by atoms with van der Waals surface area (Å²) < 4.78 is 13.7. The summed E-state index contributed by atoms with van der Waals surface area (Å²) in [5.74, 6) is -1.59. The van der Waals surface area contributed by atoms with Gasteiger partial charge in [-0.15, -0.1) is 0 Å². The van der Waals surface area contributed by atoms with Crippen molar-refractivity contribution in [3.8, 4) is 0 Å². The predicted molar refractivity (Wildman–Crippen MR) is 48.3 cm³/mol. The molecular weight excluding hydrogens is 171 g/mol. The number of aliphatic carboxylic acids is 1. The Morgan fingerprint density at radius 1 is 1.31 bits per heavy atom. The molecule has 76 valence electrons.